The normalized spacial score (nSPS) is 20.1. The van der Waals surface area contributed by atoms with Crippen LogP contribution >= 0.6 is 0 Å². The van der Waals surface area contributed by atoms with Gasteiger partial charge in [0.1, 0.15) is 11.8 Å². The summed E-state index contributed by atoms with van der Waals surface area (Å²) in [6.07, 6.45) is 0. The van der Waals surface area contributed by atoms with E-state index in [9.17, 15) is 9.59 Å². The van der Waals surface area contributed by atoms with Crippen LogP contribution in [0.15, 0.2) is 48.5 Å². The van der Waals surface area contributed by atoms with Gasteiger partial charge in [-0.3, -0.25) is 9.69 Å². The van der Waals surface area contributed by atoms with Crippen molar-refractivity contribution < 1.29 is 19.1 Å². The fraction of sp³-hybridized carbons (Fsp3) is 0.391. The molecule has 0 saturated carbocycles. The number of β-lactam (4-membered cyclic amide) rings is 1. The molecular weight excluding hydrogens is 382 g/mol. The summed E-state index contributed by atoms with van der Waals surface area (Å²) in [5.74, 6) is -0.120. The summed E-state index contributed by atoms with van der Waals surface area (Å²) in [6.45, 7) is 8.78. The highest BCUT2D eigenvalue weighted by Gasteiger charge is 2.58. The van der Waals surface area contributed by atoms with Gasteiger partial charge in [-0.25, -0.2) is 4.79 Å². The Labute approximate surface area is 173 Å². The van der Waals surface area contributed by atoms with Gasteiger partial charge >= 0.3 is 5.97 Å². The molecule has 3 atom stereocenters. The number of ether oxygens (including phenoxy) is 2. The van der Waals surface area contributed by atoms with Crippen LogP contribution in [0.2, 0.25) is 19.6 Å². The average molecular weight is 412 g/mol. The summed E-state index contributed by atoms with van der Waals surface area (Å²) in [4.78, 5) is 27.7. The average Bonchev–Trinajstić information content (AvgIpc) is 2.69. The summed E-state index contributed by atoms with van der Waals surface area (Å²) in [5, 5.41) is 0. The van der Waals surface area contributed by atoms with Gasteiger partial charge < -0.3 is 9.47 Å². The van der Waals surface area contributed by atoms with Gasteiger partial charge in [0.05, 0.1) is 28.2 Å². The van der Waals surface area contributed by atoms with Crippen LogP contribution in [0.1, 0.15) is 16.7 Å². The van der Waals surface area contributed by atoms with Crippen LogP contribution in [-0.4, -0.2) is 40.2 Å². The van der Waals surface area contributed by atoms with E-state index < -0.39 is 20.0 Å². The molecule has 1 aliphatic rings. The Kier molecular flexibility index (Phi) is 5.84. The maximum atomic E-state index is 13.4. The van der Waals surface area contributed by atoms with Gasteiger partial charge in [-0.15, -0.1) is 0 Å². The number of hydrogen-bond donors (Lipinski definition) is 0. The zero-order valence-electron chi connectivity index (χ0n) is 17.9. The number of carbonyl (C=O) groups is 2. The van der Waals surface area contributed by atoms with E-state index in [4.69, 9.17) is 9.47 Å². The quantitative estimate of drug-likeness (QED) is 0.407. The lowest BCUT2D eigenvalue weighted by atomic mass is 9.81. The molecule has 1 amide bonds. The minimum Gasteiger partial charge on any atom is -0.497 e. The number of aryl methyl sites for hydroxylation is 1. The number of hydrogen-bond acceptors (Lipinski definition) is 4. The van der Waals surface area contributed by atoms with E-state index in [0.717, 1.165) is 5.56 Å². The largest absolute Gasteiger partial charge is 0.497 e. The van der Waals surface area contributed by atoms with Gasteiger partial charge in [0.15, 0.2) is 0 Å². The fourth-order valence-electron chi connectivity index (χ4n) is 4.26. The monoisotopic (exact) mass is 411 g/mol. The van der Waals surface area contributed by atoms with Crippen molar-refractivity contribution in [1.82, 2.24) is 0 Å². The van der Waals surface area contributed by atoms with Gasteiger partial charge in [0, 0.05) is 5.69 Å². The van der Waals surface area contributed by atoms with Gasteiger partial charge in [0.25, 0.3) is 0 Å². The van der Waals surface area contributed by atoms with Gasteiger partial charge in [-0.2, -0.15) is 0 Å². The molecule has 2 aromatic rings. The Morgan fingerprint density at radius 3 is 2.07 bits per heavy atom. The summed E-state index contributed by atoms with van der Waals surface area (Å²) < 4.78 is 10.3. The fourth-order valence-corrected chi connectivity index (χ4v) is 6.85. The second-order valence-corrected chi connectivity index (χ2v) is 14.0. The van der Waals surface area contributed by atoms with Crippen molar-refractivity contribution in [2.24, 2.45) is 5.92 Å². The smallest absolute Gasteiger partial charge is 0.329 e. The summed E-state index contributed by atoms with van der Waals surface area (Å²) >= 11 is 0. The predicted octanol–water partition coefficient (Wildman–Crippen LogP) is 4.17. The van der Waals surface area contributed by atoms with Crippen LogP contribution in [0.5, 0.6) is 5.75 Å². The van der Waals surface area contributed by atoms with Crippen molar-refractivity contribution >= 4 is 25.6 Å². The molecule has 0 N–H and O–H groups in total. The maximum absolute atomic E-state index is 13.4. The first kappa shape index (κ1) is 21.1. The van der Waals surface area contributed by atoms with Crippen LogP contribution in [0, 0.1) is 12.8 Å². The predicted molar refractivity (Wildman–Crippen MR) is 117 cm³/mol. The first-order valence-corrected chi connectivity index (χ1v) is 13.4. The Morgan fingerprint density at radius 1 is 1.00 bits per heavy atom. The highest BCUT2D eigenvalue weighted by molar-refractivity contribution is 6.78. The van der Waals surface area contributed by atoms with Crippen molar-refractivity contribution in [2.45, 2.75) is 38.1 Å². The molecular formula is C23H29NO4Si. The number of amides is 1. The van der Waals surface area contributed by atoms with E-state index in [1.807, 2.05) is 6.92 Å². The molecule has 6 heteroatoms. The van der Waals surface area contributed by atoms with E-state index >= 15 is 0 Å². The van der Waals surface area contributed by atoms with Crippen molar-refractivity contribution in [3.8, 4) is 5.75 Å². The molecule has 0 bridgehead atoms. The number of nitrogens with zero attached hydrogens (tertiary/aromatic N) is 1. The van der Waals surface area contributed by atoms with Gasteiger partial charge in [-0.1, -0.05) is 49.5 Å². The van der Waals surface area contributed by atoms with Crippen molar-refractivity contribution in [2.75, 3.05) is 19.1 Å². The Morgan fingerprint density at radius 2 is 1.59 bits per heavy atom. The van der Waals surface area contributed by atoms with Crippen molar-refractivity contribution in [3.05, 3.63) is 59.7 Å². The molecule has 1 saturated heterocycles. The molecule has 2 aromatic carbocycles. The van der Waals surface area contributed by atoms with Crippen LogP contribution in [0.25, 0.3) is 0 Å². The van der Waals surface area contributed by atoms with Crippen LogP contribution in [0.3, 0.4) is 0 Å². The standard InChI is InChI=1S/C23H29NO4Si/c1-15-7-9-16(10-8-15)21(29(4,5)6)19-20(23(26)28-3)24(22(19)25)17-11-13-18(27-2)14-12-17/h7-14,19-21H,1-6H3/t19-,20-,21-/m1/s1. The van der Waals surface area contributed by atoms with E-state index in [1.54, 1.807) is 36.3 Å². The third-order valence-corrected chi connectivity index (χ3v) is 8.22. The third kappa shape index (κ3) is 3.94. The Hall–Kier alpha value is -2.60. The number of benzene rings is 2. The lowest BCUT2D eigenvalue weighted by molar-refractivity contribution is -0.152. The SMILES string of the molecule is COC(=O)[C@H]1[C@H]([C@@H](c2ccc(C)cc2)[Si](C)(C)C)C(=O)N1c1ccc(OC)cc1. The molecule has 0 aliphatic carbocycles. The zero-order valence-corrected chi connectivity index (χ0v) is 18.9. The minimum absolute atomic E-state index is 0.0224. The minimum atomic E-state index is -1.84. The molecule has 5 nitrogen and oxygen atoms in total. The molecule has 0 spiro atoms. The lowest BCUT2D eigenvalue weighted by Gasteiger charge is -2.51. The molecule has 0 unspecified atom stereocenters. The molecule has 29 heavy (non-hydrogen) atoms. The Balaban J connectivity index is 2.02. The molecule has 1 aliphatic heterocycles. The second-order valence-electron chi connectivity index (χ2n) is 8.65. The molecule has 3 rings (SSSR count). The van der Waals surface area contributed by atoms with Gasteiger partial charge in [-0.05, 0) is 42.3 Å². The first-order chi connectivity index (χ1) is 13.7. The topological polar surface area (TPSA) is 55.8 Å². The highest BCUT2D eigenvalue weighted by atomic mass is 28.3. The van der Waals surface area contributed by atoms with E-state index in [1.165, 1.54) is 12.7 Å². The molecule has 0 radical (unpaired) electrons. The number of methoxy groups -OCH3 is 2. The number of rotatable bonds is 6. The third-order valence-electron chi connectivity index (χ3n) is 5.66. The van der Waals surface area contributed by atoms with E-state index in [0.29, 0.717) is 11.4 Å². The number of anilines is 1. The van der Waals surface area contributed by atoms with Crippen LogP contribution in [0.4, 0.5) is 5.69 Å². The molecule has 0 aromatic heterocycles. The van der Waals surface area contributed by atoms with Gasteiger partial charge in [0.2, 0.25) is 5.91 Å². The Bertz CT molecular complexity index is 887. The number of esters is 1. The summed E-state index contributed by atoms with van der Waals surface area (Å²) in [6, 6.07) is 14.9. The van der Waals surface area contributed by atoms with Crippen LogP contribution < -0.4 is 9.64 Å². The number of carbonyl (C=O) groups excluding carboxylic acids is 2. The molecule has 1 heterocycles. The second kappa shape index (κ2) is 8.03. The summed E-state index contributed by atoms with van der Waals surface area (Å²) in [5.41, 5.74) is 3.00. The summed E-state index contributed by atoms with van der Waals surface area (Å²) in [7, 11) is 1.13. The van der Waals surface area contributed by atoms with Crippen LogP contribution in [-0.2, 0) is 14.3 Å². The van der Waals surface area contributed by atoms with E-state index in [-0.39, 0.29) is 17.4 Å². The van der Waals surface area contributed by atoms with E-state index in [2.05, 4.69) is 43.9 Å². The first-order valence-electron chi connectivity index (χ1n) is 9.80. The lowest BCUT2D eigenvalue weighted by Crippen LogP contribution is -2.68. The highest BCUT2D eigenvalue weighted by Crippen LogP contribution is 2.46. The van der Waals surface area contributed by atoms with Crippen molar-refractivity contribution in [1.29, 1.82) is 0 Å². The molecule has 1 fully saturated rings. The van der Waals surface area contributed by atoms with Crippen molar-refractivity contribution in [3.63, 3.8) is 0 Å². The maximum Gasteiger partial charge on any atom is 0.329 e. The zero-order chi connectivity index (χ0) is 21.3. The molecule has 154 valence electrons.